The summed E-state index contributed by atoms with van der Waals surface area (Å²) in [4.78, 5) is 14.8. The monoisotopic (exact) mass is 350 g/mol. The third-order valence-electron chi connectivity index (χ3n) is 5.02. The summed E-state index contributed by atoms with van der Waals surface area (Å²) in [5.74, 6) is 0.229. The molecule has 0 bridgehead atoms. The number of benzene rings is 2. The Morgan fingerprint density at radius 1 is 1.08 bits per heavy atom. The quantitative estimate of drug-likeness (QED) is 0.742. The molecule has 1 atom stereocenters. The second kappa shape index (κ2) is 7.34. The van der Waals surface area contributed by atoms with E-state index in [4.69, 9.17) is 4.42 Å². The molecule has 3 aromatic rings. The van der Waals surface area contributed by atoms with E-state index in [-0.39, 0.29) is 11.9 Å². The van der Waals surface area contributed by atoms with Crippen LogP contribution in [-0.2, 0) is 0 Å². The molecule has 1 amide bonds. The summed E-state index contributed by atoms with van der Waals surface area (Å²) in [5, 5.41) is 4.04. The lowest BCUT2D eigenvalue weighted by molar-refractivity contribution is 0.0915. The molecular formula is C22H26N2O2. The van der Waals surface area contributed by atoms with Crippen LogP contribution in [0.2, 0.25) is 0 Å². The van der Waals surface area contributed by atoms with Gasteiger partial charge in [-0.3, -0.25) is 4.79 Å². The molecule has 0 saturated heterocycles. The maximum absolute atomic E-state index is 12.7. The SMILES string of the molecule is Cc1cc2oc(C(=O)NCC(c3ccccc3)N(C)C)c(C)c2cc1C. The van der Waals surface area contributed by atoms with Crippen LogP contribution in [0.3, 0.4) is 0 Å². The smallest absolute Gasteiger partial charge is 0.287 e. The van der Waals surface area contributed by atoms with E-state index in [0.29, 0.717) is 12.3 Å². The van der Waals surface area contributed by atoms with Gasteiger partial charge in [0.05, 0.1) is 6.04 Å². The van der Waals surface area contributed by atoms with E-state index in [1.807, 2.05) is 52.2 Å². The summed E-state index contributed by atoms with van der Waals surface area (Å²) in [6.45, 7) is 6.58. The lowest BCUT2D eigenvalue weighted by Crippen LogP contribution is -2.34. The third kappa shape index (κ3) is 3.51. The van der Waals surface area contributed by atoms with Crippen molar-refractivity contribution in [3.8, 4) is 0 Å². The van der Waals surface area contributed by atoms with E-state index in [2.05, 4.69) is 35.3 Å². The summed E-state index contributed by atoms with van der Waals surface area (Å²) in [6, 6.07) is 14.4. The minimum Gasteiger partial charge on any atom is -0.451 e. The van der Waals surface area contributed by atoms with Crippen molar-refractivity contribution < 1.29 is 9.21 Å². The molecular weight excluding hydrogens is 324 g/mol. The highest BCUT2D eigenvalue weighted by Gasteiger charge is 2.20. The first-order valence-electron chi connectivity index (χ1n) is 8.88. The Labute approximate surface area is 154 Å². The van der Waals surface area contributed by atoms with Crippen LogP contribution >= 0.6 is 0 Å². The second-order valence-electron chi connectivity index (χ2n) is 7.09. The summed E-state index contributed by atoms with van der Waals surface area (Å²) < 4.78 is 5.87. The topological polar surface area (TPSA) is 45.5 Å². The molecule has 1 heterocycles. The number of hydrogen-bond acceptors (Lipinski definition) is 3. The zero-order chi connectivity index (χ0) is 18.8. The average molecular weight is 350 g/mol. The van der Waals surface area contributed by atoms with Gasteiger partial charge in [0.1, 0.15) is 5.58 Å². The zero-order valence-corrected chi connectivity index (χ0v) is 16.1. The van der Waals surface area contributed by atoms with Crippen LogP contribution in [-0.4, -0.2) is 31.4 Å². The highest BCUT2D eigenvalue weighted by atomic mass is 16.3. The van der Waals surface area contributed by atoms with Crippen molar-refractivity contribution in [1.29, 1.82) is 0 Å². The lowest BCUT2D eigenvalue weighted by Gasteiger charge is -2.25. The van der Waals surface area contributed by atoms with Gasteiger partial charge in [-0.25, -0.2) is 0 Å². The van der Waals surface area contributed by atoms with Crippen LogP contribution in [0.1, 0.15) is 38.9 Å². The maximum Gasteiger partial charge on any atom is 0.287 e. The molecule has 26 heavy (non-hydrogen) atoms. The van der Waals surface area contributed by atoms with Crippen LogP contribution in [0.15, 0.2) is 46.9 Å². The largest absolute Gasteiger partial charge is 0.451 e. The summed E-state index contributed by atoms with van der Waals surface area (Å²) >= 11 is 0. The zero-order valence-electron chi connectivity index (χ0n) is 16.1. The van der Waals surface area contributed by atoms with Gasteiger partial charge in [-0.2, -0.15) is 0 Å². The van der Waals surface area contributed by atoms with Gasteiger partial charge in [0.2, 0.25) is 0 Å². The minimum absolute atomic E-state index is 0.106. The molecule has 2 aromatic carbocycles. The molecule has 0 aliphatic rings. The highest BCUT2D eigenvalue weighted by Crippen LogP contribution is 2.28. The van der Waals surface area contributed by atoms with Crippen molar-refractivity contribution in [3.05, 3.63) is 70.5 Å². The van der Waals surface area contributed by atoms with Crippen LogP contribution < -0.4 is 5.32 Å². The minimum atomic E-state index is -0.170. The van der Waals surface area contributed by atoms with Gasteiger partial charge in [0.15, 0.2) is 5.76 Å². The summed E-state index contributed by atoms with van der Waals surface area (Å²) in [5.41, 5.74) is 5.19. The van der Waals surface area contributed by atoms with Crippen molar-refractivity contribution in [2.45, 2.75) is 26.8 Å². The number of fused-ring (bicyclic) bond motifs is 1. The molecule has 0 saturated carbocycles. The normalized spacial score (nSPS) is 12.5. The molecule has 4 heteroatoms. The molecule has 0 fully saturated rings. The first-order valence-corrected chi connectivity index (χ1v) is 8.88. The van der Waals surface area contributed by atoms with Crippen molar-refractivity contribution >= 4 is 16.9 Å². The van der Waals surface area contributed by atoms with Gasteiger partial charge in [-0.15, -0.1) is 0 Å². The number of furan rings is 1. The Morgan fingerprint density at radius 3 is 2.38 bits per heavy atom. The number of amides is 1. The van der Waals surface area contributed by atoms with Crippen LogP contribution in [0.25, 0.3) is 11.0 Å². The van der Waals surface area contributed by atoms with Crippen LogP contribution in [0.5, 0.6) is 0 Å². The Kier molecular flexibility index (Phi) is 5.14. The van der Waals surface area contributed by atoms with Gasteiger partial charge in [0.25, 0.3) is 5.91 Å². The van der Waals surface area contributed by atoms with Gasteiger partial charge >= 0.3 is 0 Å². The molecule has 0 aliphatic heterocycles. The number of likely N-dealkylation sites (N-methyl/N-ethyl adjacent to an activating group) is 1. The molecule has 136 valence electrons. The molecule has 1 unspecified atom stereocenters. The van der Waals surface area contributed by atoms with Gasteiger partial charge in [-0.1, -0.05) is 30.3 Å². The number of nitrogens with zero attached hydrogens (tertiary/aromatic N) is 1. The fraction of sp³-hybridized carbons (Fsp3) is 0.318. The first-order chi connectivity index (χ1) is 12.4. The molecule has 0 radical (unpaired) electrons. The molecule has 1 aromatic heterocycles. The number of carbonyl (C=O) groups excluding carboxylic acids is 1. The van der Waals surface area contributed by atoms with E-state index in [1.54, 1.807) is 0 Å². The van der Waals surface area contributed by atoms with E-state index in [0.717, 1.165) is 22.1 Å². The lowest BCUT2D eigenvalue weighted by atomic mass is 10.0. The van der Waals surface area contributed by atoms with Crippen molar-refractivity contribution in [2.75, 3.05) is 20.6 Å². The van der Waals surface area contributed by atoms with E-state index in [9.17, 15) is 4.79 Å². The Bertz CT molecular complexity index is 926. The van der Waals surface area contributed by atoms with Crippen LogP contribution in [0, 0.1) is 20.8 Å². The number of rotatable bonds is 5. The van der Waals surface area contributed by atoms with Crippen LogP contribution in [0.4, 0.5) is 0 Å². The summed E-state index contributed by atoms with van der Waals surface area (Å²) in [6.07, 6.45) is 0. The van der Waals surface area contributed by atoms with Crippen molar-refractivity contribution in [2.24, 2.45) is 0 Å². The Balaban J connectivity index is 1.81. The molecule has 0 spiro atoms. The standard InChI is InChI=1S/C22H26N2O2/c1-14-11-18-16(3)21(26-20(18)12-15(14)2)22(25)23-13-19(24(4)5)17-9-7-6-8-10-17/h6-12,19H,13H2,1-5H3,(H,23,25). The van der Waals surface area contributed by atoms with E-state index < -0.39 is 0 Å². The number of nitrogens with one attached hydrogen (secondary N) is 1. The Morgan fingerprint density at radius 2 is 1.73 bits per heavy atom. The maximum atomic E-state index is 12.7. The van der Waals surface area contributed by atoms with Gasteiger partial charge in [-0.05, 0) is 63.7 Å². The third-order valence-corrected chi connectivity index (χ3v) is 5.02. The van der Waals surface area contributed by atoms with E-state index >= 15 is 0 Å². The summed E-state index contributed by atoms with van der Waals surface area (Å²) in [7, 11) is 4.03. The first kappa shape index (κ1) is 18.2. The average Bonchev–Trinajstić information content (AvgIpc) is 2.92. The molecule has 1 N–H and O–H groups in total. The van der Waals surface area contributed by atoms with Gasteiger partial charge in [0, 0.05) is 17.5 Å². The molecule has 3 rings (SSSR count). The van der Waals surface area contributed by atoms with Gasteiger partial charge < -0.3 is 14.6 Å². The Hall–Kier alpha value is -2.59. The highest BCUT2D eigenvalue weighted by molar-refractivity contribution is 5.99. The van der Waals surface area contributed by atoms with Crippen molar-refractivity contribution in [3.63, 3.8) is 0 Å². The number of aryl methyl sites for hydroxylation is 3. The predicted molar refractivity (Wildman–Crippen MR) is 106 cm³/mol. The number of hydrogen-bond donors (Lipinski definition) is 1. The fourth-order valence-electron chi connectivity index (χ4n) is 3.24. The second-order valence-corrected chi connectivity index (χ2v) is 7.09. The fourth-order valence-corrected chi connectivity index (χ4v) is 3.24. The predicted octanol–water partition coefficient (Wildman–Crippen LogP) is 4.39. The van der Waals surface area contributed by atoms with Crippen molar-refractivity contribution in [1.82, 2.24) is 10.2 Å². The molecule has 0 aliphatic carbocycles. The van der Waals surface area contributed by atoms with E-state index in [1.165, 1.54) is 11.1 Å². The molecule has 4 nitrogen and oxygen atoms in total. The number of carbonyl (C=O) groups is 1.